The van der Waals surface area contributed by atoms with Gasteiger partial charge in [0.15, 0.2) is 16.3 Å². The van der Waals surface area contributed by atoms with E-state index < -0.39 is 12.0 Å². The molecule has 0 bridgehead atoms. The van der Waals surface area contributed by atoms with Crippen LogP contribution in [0.1, 0.15) is 43.5 Å². The van der Waals surface area contributed by atoms with Gasteiger partial charge < -0.3 is 14.2 Å². The number of fused-ring (bicyclic) bond motifs is 1. The van der Waals surface area contributed by atoms with Crippen molar-refractivity contribution in [1.82, 2.24) is 4.57 Å². The molecule has 2 heterocycles. The van der Waals surface area contributed by atoms with E-state index in [0.29, 0.717) is 41.6 Å². The van der Waals surface area contributed by atoms with Gasteiger partial charge in [0.2, 0.25) is 0 Å². The van der Waals surface area contributed by atoms with Crippen molar-refractivity contribution in [2.45, 2.75) is 32.9 Å². The zero-order chi connectivity index (χ0) is 30.0. The van der Waals surface area contributed by atoms with E-state index >= 15 is 0 Å². The fourth-order valence-corrected chi connectivity index (χ4v) is 6.41. The predicted octanol–water partition coefficient (Wildman–Crippen LogP) is 6.15. The number of nitrogens with zero attached hydrogens (tertiary/aromatic N) is 2. The summed E-state index contributed by atoms with van der Waals surface area (Å²) in [4.78, 5) is 33.0. The average Bonchev–Trinajstić information content (AvgIpc) is 3.28. The van der Waals surface area contributed by atoms with E-state index in [-0.39, 0.29) is 23.8 Å². The van der Waals surface area contributed by atoms with Gasteiger partial charge in [0.25, 0.3) is 5.56 Å². The lowest BCUT2D eigenvalue weighted by Crippen LogP contribution is -2.40. The van der Waals surface area contributed by atoms with Crippen LogP contribution in [0.3, 0.4) is 0 Å². The molecule has 1 atom stereocenters. The molecule has 4 aromatic rings. The standard InChI is InChI=1S/C32H28BrClN2O5S/c1-5-40-31(38)26-27(20-9-7-6-8-10-20)35-32-36(28(26)21-11-13-22(34)14-12-21)30(37)25(42-32)17-19-15-23(33)29(41-18(2)3)24(16-19)39-4/h6-18,28H,5H2,1-4H3/b25-17-/t28-/m0/s1. The summed E-state index contributed by atoms with van der Waals surface area (Å²) in [5.74, 6) is 0.580. The number of esters is 1. The van der Waals surface area contributed by atoms with Crippen LogP contribution in [0.5, 0.6) is 11.5 Å². The van der Waals surface area contributed by atoms with Crippen molar-refractivity contribution in [2.75, 3.05) is 13.7 Å². The normalized spacial score (nSPS) is 14.9. The maximum atomic E-state index is 14.1. The number of carbonyl (C=O) groups excluding carboxylic acids is 1. The SMILES string of the molecule is CCOC(=O)C1=C(c2ccccc2)N=c2s/c(=C\c3cc(Br)c(OC(C)C)c(OC)c3)c(=O)n2[C@H]1c1ccc(Cl)cc1. The van der Waals surface area contributed by atoms with Crippen molar-refractivity contribution in [3.05, 3.63) is 118 Å². The second-order valence-electron chi connectivity index (χ2n) is 9.68. The lowest BCUT2D eigenvalue weighted by atomic mass is 9.93. The molecule has 0 spiro atoms. The number of thiazole rings is 1. The minimum Gasteiger partial charge on any atom is -0.493 e. The van der Waals surface area contributed by atoms with Crippen molar-refractivity contribution in [1.29, 1.82) is 0 Å². The first-order valence-electron chi connectivity index (χ1n) is 13.3. The van der Waals surface area contributed by atoms with E-state index in [1.807, 2.05) is 68.4 Å². The third-order valence-corrected chi connectivity index (χ3v) is 8.29. The largest absolute Gasteiger partial charge is 0.493 e. The van der Waals surface area contributed by atoms with Gasteiger partial charge in [-0.25, -0.2) is 9.79 Å². The lowest BCUT2D eigenvalue weighted by Gasteiger charge is -2.25. The van der Waals surface area contributed by atoms with Gasteiger partial charge in [-0.15, -0.1) is 0 Å². The zero-order valence-electron chi connectivity index (χ0n) is 23.4. The Morgan fingerprint density at radius 3 is 2.50 bits per heavy atom. The first kappa shape index (κ1) is 29.8. The summed E-state index contributed by atoms with van der Waals surface area (Å²) in [6, 6.07) is 19.4. The van der Waals surface area contributed by atoms with Crippen LogP contribution in [0.25, 0.3) is 11.8 Å². The highest BCUT2D eigenvalue weighted by atomic mass is 79.9. The highest BCUT2D eigenvalue weighted by molar-refractivity contribution is 9.10. The lowest BCUT2D eigenvalue weighted by molar-refractivity contribution is -0.138. The number of methoxy groups -OCH3 is 1. The molecule has 0 amide bonds. The Morgan fingerprint density at radius 1 is 1.14 bits per heavy atom. The molecule has 216 valence electrons. The molecule has 0 N–H and O–H groups in total. The van der Waals surface area contributed by atoms with E-state index in [1.54, 1.807) is 36.8 Å². The Labute approximate surface area is 260 Å². The fourth-order valence-electron chi connectivity index (χ4n) is 4.73. The van der Waals surface area contributed by atoms with Gasteiger partial charge in [-0.2, -0.15) is 0 Å². The van der Waals surface area contributed by atoms with Crippen LogP contribution in [0.2, 0.25) is 5.02 Å². The topological polar surface area (TPSA) is 79.1 Å². The molecule has 0 fully saturated rings. The number of hydrogen-bond acceptors (Lipinski definition) is 7. The molecule has 1 aromatic heterocycles. The van der Waals surface area contributed by atoms with Gasteiger partial charge in [-0.3, -0.25) is 9.36 Å². The summed E-state index contributed by atoms with van der Waals surface area (Å²) in [6.45, 7) is 5.80. The van der Waals surface area contributed by atoms with Gasteiger partial charge in [0.1, 0.15) is 0 Å². The quantitative estimate of drug-likeness (QED) is 0.211. The first-order valence-corrected chi connectivity index (χ1v) is 15.3. The molecule has 1 aliphatic rings. The molecule has 0 unspecified atom stereocenters. The number of rotatable bonds is 8. The summed E-state index contributed by atoms with van der Waals surface area (Å²) in [5, 5.41) is 0.542. The molecule has 42 heavy (non-hydrogen) atoms. The number of carbonyl (C=O) groups is 1. The molecular weight excluding hydrogens is 640 g/mol. The fraction of sp³-hybridized carbons (Fsp3) is 0.219. The van der Waals surface area contributed by atoms with Crippen molar-refractivity contribution in [2.24, 2.45) is 4.99 Å². The molecular formula is C32H28BrClN2O5S. The number of benzene rings is 3. The van der Waals surface area contributed by atoms with Crippen LogP contribution in [-0.4, -0.2) is 30.4 Å². The van der Waals surface area contributed by atoms with Gasteiger partial charge in [0.05, 0.1) is 46.1 Å². The van der Waals surface area contributed by atoms with Gasteiger partial charge in [-0.05, 0) is 78.2 Å². The Balaban J connectivity index is 1.77. The smallest absolute Gasteiger partial charge is 0.338 e. The maximum Gasteiger partial charge on any atom is 0.338 e. The van der Waals surface area contributed by atoms with E-state index in [0.717, 1.165) is 11.1 Å². The molecule has 0 saturated carbocycles. The van der Waals surface area contributed by atoms with Crippen LogP contribution in [0.15, 0.2) is 86.6 Å². The second kappa shape index (κ2) is 12.7. The van der Waals surface area contributed by atoms with Gasteiger partial charge in [0, 0.05) is 10.6 Å². The zero-order valence-corrected chi connectivity index (χ0v) is 26.5. The Morgan fingerprint density at radius 2 is 1.86 bits per heavy atom. The highest BCUT2D eigenvalue weighted by Crippen LogP contribution is 2.38. The molecule has 0 saturated heterocycles. The van der Waals surface area contributed by atoms with Crippen LogP contribution >= 0.6 is 38.9 Å². The number of aromatic nitrogens is 1. The minimum atomic E-state index is -0.780. The summed E-state index contributed by atoms with van der Waals surface area (Å²) in [7, 11) is 1.57. The third-order valence-electron chi connectivity index (χ3n) is 6.46. The highest BCUT2D eigenvalue weighted by Gasteiger charge is 2.35. The summed E-state index contributed by atoms with van der Waals surface area (Å²) in [5.41, 5.74) is 2.64. The van der Waals surface area contributed by atoms with Crippen molar-refractivity contribution in [3.63, 3.8) is 0 Å². The monoisotopic (exact) mass is 666 g/mol. The predicted molar refractivity (Wildman–Crippen MR) is 169 cm³/mol. The summed E-state index contributed by atoms with van der Waals surface area (Å²) in [6.07, 6.45) is 1.73. The summed E-state index contributed by atoms with van der Waals surface area (Å²) >= 11 is 11.0. The minimum absolute atomic E-state index is 0.0509. The Hall–Kier alpha value is -3.66. The average molecular weight is 668 g/mol. The Kier molecular flexibility index (Phi) is 9.01. The van der Waals surface area contributed by atoms with Crippen LogP contribution in [-0.2, 0) is 9.53 Å². The summed E-state index contributed by atoms with van der Waals surface area (Å²) < 4.78 is 19.7. The molecule has 10 heteroatoms. The first-order chi connectivity index (χ1) is 20.2. The van der Waals surface area contributed by atoms with Crippen LogP contribution < -0.4 is 24.4 Å². The third kappa shape index (κ3) is 5.95. The van der Waals surface area contributed by atoms with E-state index in [9.17, 15) is 9.59 Å². The number of ether oxygens (including phenoxy) is 3. The molecule has 0 aliphatic carbocycles. The molecule has 7 nitrogen and oxygen atoms in total. The van der Waals surface area contributed by atoms with Gasteiger partial charge >= 0.3 is 5.97 Å². The van der Waals surface area contributed by atoms with Crippen LogP contribution in [0, 0.1) is 0 Å². The maximum absolute atomic E-state index is 14.1. The second-order valence-corrected chi connectivity index (χ2v) is 12.0. The van der Waals surface area contributed by atoms with Crippen molar-refractivity contribution >= 4 is 56.6 Å². The molecule has 1 aliphatic heterocycles. The van der Waals surface area contributed by atoms with Crippen LogP contribution in [0.4, 0.5) is 0 Å². The van der Waals surface area contributed by atoms with Crippen molar-refractivity contribution in [3.8, 4) is 11.5 Å². The van der Waals surface area contributed by atoms with E-state index in [4.69, 9.17) is 30.8 Å². The number of halogens is 2. The molecule has 0 radical (unpaired) electrons. The molecule has 3 aromatic carbocycles. The van der Waals surface area contributed by atoms with Crippen molar-refractivity contribution < 1.29 is 19.0 Å². The van der Waals surface area contributed by atoms with Gasteiger partial charge in [-0.1, -0.05) is 65.4 Å². The molecule has 5 rings (SSSR count). The van der Waals surface area contributed by atoms with E-state index in [1.165, 1.54) is 11.3 Å². The van der Waals surface area contributed by atoms with E-state index in [2.05, 4.69) is 15.9 Å². The Bertz CT molecular complexity index is 1850. The number of hydrogen-bond donors (Lipinski definition) is 0.